The van der Waals surface area contributed by atoms with Crippen molar-refractivity contribution >= 4 is 17.2 Å². The molecule has 4 unspecified atom stereocenters. The van der Waals surface area contributed by atoms with Gasteiger partial charge in [-0.2, -0.15) is 0 Å². The van der Waals surface area contributed by atoms with E-state index in [1.54, 1.807) is 11.3 Å². The summed E-state index contributed by atoms with van der Waals surface area (Å²) in [6, 6.07) is 2.14. The highest BCUT2D eigenvalue weighted by Crippen LogP contribution is 2.51. The number of hydrogen-bond acceptors (Lipinski definition) is 3. The van der Waals surface area contributed by atoms with Crippen LogP contribution in [0, 0.1) is 18.8 Å². The predicted octanol–water partition coefficient (Wildman–Crippen LogP) is 3.17. The van der Waals surface area contributed by atoms with Crippen LogP contribution in [0.5, 0.6) is 0 Å². The number of carbonyl (C=O) groups excluding carboxylic acids is 1. The number of thiophene rings is 1. The molecule has 4 heteroatoms. The van der Waals surface area contributed by atoms with Gasteiger partial charge in [0.25, 0.3) is 0 Å². The summed E-state index contributed by atoms with van der Waals surface area (Å²) in [5.74, 6) is 1.16. The smallest absolute Gasteiger partial charge is 0.226 e. The summed E-state index contributed by atoms with van der Waals surface area (Å²) in [6.07, 6.45) is 5.03. The van der Waals surface area contributed by atoms with E-state index >= 15 is 0 Å². The monoisotopic (exact) mass is 307 g/mol. The van der Waals surface area contributed by atoms with E-state index in [1.165, 1.54) is 16.9 Å². The molecule has 1 aromatic heterocycles. The number of aryl methyl sites for hydroxylation is 1. The van der Waals surface area contributed by atoms with Crippen LogP contribution in [0.3, 0.4) is 0 Å². The maximum Gasteiger partial charge on any atom is 0.226 e. The van der Waals surface area contributed by atoms with Crippen molar-refractivity contribution < 1.29 is 9.90 Å². The molecule has 2 aliphatic rings. The first-order valence-corrected chi connectivity index (χ1v) is 8.93. The molecule has 0 aromatic carbocycles. The molecule has 2 saturated carbocycles. The van der Waals surface area contributed by atoms with Gasteiger partial charge in [-0.15, -0.1) is 11.3 Å². The van der Waals surface area contributed by atoms with Crippen LogP contribution in [0.25, 0.3) is 0 Å². The van der Waals surface area contributed by atoms with Crippen LogP contribution in [0.4, 0.5) is 0 Å². The van der Waals surface area contributed by atoms with Gasteiger partial charge in [0.05, 0.1) is 6.10 Å². The van der Waals surface area contributed by atoms with Gasteiger partial charge in [0.2, 0.25) is 5.91 Å². The van der Waals surface area contributed by atoms with Crippen LogP contribution in [0.15, 0.2) is 11.4 Å². The van der Waals surface area contributed by atoms with Gasteiger partial charge in [0.15, 0.2) is 0 Å². The standard InChI is InChI=1S/C17H25NO2S/c1-11-7-8-21-16(11)13-9-14(13)17(20)18(2)10-12-5-3-4-6-15(12)19/h7-8,12-15,19H,3-6,9-10H2,1-2H3. The van der Waals surface area contributed by atoms with Crippen molar-refractivity contribution in [3.8, 4) is 0 Å². The summed E-state index contributed by atoms with van der Waals surface area (Å²) in [5, 5.41) is 12.2. The molecule has 1 N–H and O–H groups in total. The number of hydrogen-bond donors (Lipinski definition) is 1. The van der Waals surface area contributed by atoms with E-state index in [0.717, 1.165) is 25.7 Å². The number of aliphatic hydroxyl groups is 1. The maximum absolute atomic E-state index is 12.6. The minimum atomic E-state index is -0.219. The zero-order valence-electron chi connectivity index (χ0n) is 12.9. The Kier molecular flexibility index (Phi) is 4.36. The third-order valence-corrected chi connectivity index (χ3v) is 6.25. The number of amides is 1. The molecular formula is C17H25NO2S. The quantitative estimate of drug-likeness (QED) is 0.928. The SMILES string of the molecule is Cc1ccsc1C1CC1C(=O)N(C)CC1CCCCC1O. The van der Waals surface area contributed by atoms with Gasteiger partial charge < -0.3 is 10.0 Å². The highest BCUT2D eigenvalue weighted by atomic mass is 32.1. The van der Waals surface area contributed by atoms with Crippen molar-refractivity contribution in [2.45, 2.75) is 51.0 Å². The predicted molar refractivity (Wildman–Crippen MR) is 85.5 cm³/mol. The molecule has 1 amide bonds. The number of carbonyl (C=O) groups is 1. The molecule has 3 nitrogen and oxygen atoms in total. The molecular weight excluding hydrogens is 282 g/mol. The van der Waals surface area contributed by atoms with E-state index in [9.17, 15) is 9.90 Å². The Morgan fingerprint density at radius 3 is 2.86 bits per heavy atom. The lowest BCUT2D eigenvalue weighted by molar-refractivity contribution is -0.132. The fourth-order valence-electron chi connectivity index (χ4n) is 3.65. The lowest BCUT2D eigenvalue weighted by Gasteiger charge is -2.31. The first kappa shape index (κ1) is 15.0. The van der Waals surface area contributed by atoms with Crippen LogP contribution < -0.4 is 0 Å². The van der Waals surface area contributed by atoms with Crippen molar-refractivity contribution in [2.24, 2.45) is 11.8 Å². The van der Waals surface area contributed by atoms with E-state index in [1.807, 2.05) is 11.9 Å². The van der Waals surface area contributed by atoms with Gasteiger partial charge in [0.1, 0.15) is 0 Å². The molecule has 2 fully saturated rings. The number of nitrogens with zero attached hydrogens (tertiary/aromatic N) is 1. The topological polar surface area (TPSA) is 40.5 Å². The highest BCUT2D eigenvalue weighted by Gasteiger charge is 2.46. The molecule has 1 aromatic rings. The van der Waals surface area contributed by atoms with Crippen LogP contribution in [0.1, 0.15) is 48.5 Å². The zero-order chi connectivity index (χ0) is 15.0. The van der Waals surface area contributed by atoms with Crippen LogP contribution >= 0.6 is 11.3 Å². The second-order valence-corrected chi connectivity index (χ2v) is 7.69. The molecule has 4 atom stereocenters. The Morgan fingerprint density at radius 1 is 1.43 bits per heavy atom. The van der Waals surface area contributed by atoms with Crippen LogP contribution in [-0.2, 0) is 4.79 Å². The molecule has 0 spiro atoms. The van der Waals surface area contributed by atoms with E-state index in [0.29, 0.717) is 12.5 Å². The van der Waals surface area contributed by atoms with Crippen molar-refractivity contribution in [1.29, 1.82) is 0 Å². The number of rotatable bonds is 4. The molecule has 0 aliphatic heterocycles. The second-order valence-electron chi connectivity index (χ2n) is 6.75. The Balaban J connectivity index is 1.55. The Labute approximate surface area is 131 Å². The zero-order valence-corrected chi connectivity index (χ0v) is 13.7. The first-order chi connectivity index (χ1) is 10.1. The van der Waals surface area contributed by atoms with Gasteiger partial charge in [-0.25, -0.2) is 0 Å². The molecule has 21 heavy (non-hydrogen) atoms. The molecule has 0 bridgehead atoms. The summed E-state index contributed by atoms with van der Waals surface area (Å²) in [7, 11) is 1.90. The van der Waals surface area contributed by atoms with E-state index in [-0.39, 0.29) is 23.8 Å². The summed E-state index contributed by atoms with van der Waals surface area (Å²) < 4.78 is 0. The Bertz CT molecular complexity index is 513. The maximum atomic E-state index is 12.6. The van der Waals surface area contributed by atoms with Gasteiger partial charge in [-0.1, -0.05) is 12.8 Å². The van der Waals surface area contributed by atoms with Gasteiger partial charge in [0, 0.05) is 36.2 Å². The Morgan fingerprint density at radius 2 is 2.19 bits per heavy atom. The van der Waals surface area contributed by atoms with E-state index in [2.05, 4.69) is 18.4 Å². The summed E-state index contributed by atoms with van der Waals surface area (Å²) in [6.45, 7) is 2.85. The summed E-state index contributed by atoms with van der Waals surface area (Å²) >= 11 is 1.78. The molecule has 1 heterocycles. The third kappa shape index (κ3) is 3.16. The van der Waals surface area contributed by atoms with Crippen molar-refractivity contribution in [1.82, 2.24) is 4.90 Å². The van der Waals surface area contributed by atoms with Crippen molar-refractivity contribution in [3.63, 3.8) is 0 Å². The average Bonchev–Trinajstić information content (AvgIpc) is 3.15. The summed E-state index contributed by atoms with van der Waals surface area (Å²) in [5.41, 5.74) is 1.32. The minimum Gasteiger partial charge on any atom is -0.393 e. The van der Waals surface area contributed by atoms with Gasteiger partial charge in [-0.05, 0) is 43.2 Å². The molecule has 116 valence electrons. The lowest BCUT2D eigenvalue weighted by atomic mass is 9.86. The second kappa shape index (κ2) is 6.09. The fourth-order valence-corrected chi connectivity index (χ4v) is 4.76. The van der Waals surface area contributed by atoms with Crippen molar-refractivity contribution in [3.05, 3.63) is 21.9 Å². The molecule has 0 radical (unpaired) electrons. The van der Waals surface area contributed by atoms with Crippen LogP contribution in [0.2, 0.25) is 0 Å². The minimum absolute atomic E-state index is 0.174. The largest absolute Gasteiger partial charge is 0.393 e. The van der Waals surface area contributed by atoms with E-state index in [4.69, 9.17) is 0 Å². The van der Waals surface area contributed by atoms with Crippen molar-refractivity contribution in [2.75, 3.05) is 13.6 Å². The Hall–Kier alpha value is -0.870. The number of aliphatic hydroxyl groups excluding tert-OH is 1. The molecule has 0 saturated heterocycles. The van der Waals surface area contributed by atoms with E-state index < -0.39 is 0 Å². The first-order valence-electron chi connectivity index (χ1n) is 8.05. The average molecular weight is 307 g/mol. The fraction of sp³-hybridized carbons (Fsp3) is 0.706. The molecule has 2 aliphatic carbocycles. The van der Waals surface area contributed by atoms with Crippen LogP contribution in [-0.4, -0.2) is 35.6 Å². The third-order valence-electron chi connectivity index (χ3n) is 5.10. The normalized spacial score (nSPS) is 32.0. The lowest BCUT2D eigenvalue weighted by Crippen LogP contribution is -2.38. The highest BCUT2D eigenvalue weighted by molar-refractivity contribution is 7.10. The van der Waals surface area contributed by atoms with Gasteiger partial charge in [-0.3, -0.25) is 4.79 Å². The molecule has 3 rings (SSSR count). The summed E-state index contributed by atoms with van der Waals surface area (Å²) in [4.78, 5) is 15.8. The van der Waals surface area contributed by atoms with Gasteiger partial charge >= 0.3 is 0 Å².